The second-order valence-electron chi connectivity index (χ2n) is 27.2. The maximum absolute atomic E-state index is 12.7. The van der Waals surface area contributed by atoms with Crippen molar-refractivity contribution in [2.45, 2.75) is 119 Å². The Balaban J connectivity index is 0.000000244. The van der Waals surface area contributed by atoms with E-state index in [4.69, 9.17) is 45.1 Å². The molecule has 4 heterocycles. The number of carbonyl (C=O) groups excluding carboxylic acids is 3. The summed E-state index contributed by atoms with van der Waals surface area (Å²) in [7, 11) is 0. The van der Waals surface area contributed by atoms with Gasteiger partial charge in [-0.1, -0.05) is 186 Å². The number of ether oxygens (including phenoxy) is 1. The van der Waals surface area contributed by atoms with Gasteiger partial charge >= 0.3 is 0 Å². The molecule has 19 nitrogen and oxygen atoms in total. The van der Waals surface area contributed by atoms with Gasteiger partial charge in [0.25, 0.3) is 0 Å². The van der Waals surface area contributed by atoms with Crippen LogP contribution in [-0.2, 0) is 0 Å². The molecule has 9 aromatic rings. The SMILES string of the molecule is CCN(CC)CC(O)CCC(=O)c1ccc(C#Cc2c(C#Cc3cc(Cl)c(O)c(Cl)c3)ccnc2N)cc1.CCN(CC)CC(O)CCC(=O)c1ccc(C#Cc2c(C#Cc3ccccn3)ccnc2N)cc1.CCN(CC)CCOc1ccc(C#Cc2ccnc(N)c2C#Cc2ccc(C(=O)CCC(O)CN(CC)CC)cc2)c(C)c1. The number of anilines is 3. The largest absolute Gasteiger partial charge is 0.505 e. The Kier molecular flexibility index (Phi) is 39.0. The zero-order chi connectivity index (χ0) is 84.6. The lowest BCUT2D eigenvalue weighted by Crippen LogP contribution is -2.32. The van der Waals surface area contributed by atoms with Crippen LogP contribution in [-0.4, -0.2) is 181 Å². The number of aliphatic hydroxyl groups excluding tert-OH is 3. The smallest absolute Gasteiger partial charge is 0.162 e. The Labute approximate surface area is 700 Å². The Morgan fingerprint density at radius 2 is 0.752 bits per heavy atom. The summed E-state index contributed by atoms with van der Waals surface area (Å²) in [4.78, 5) is 63.2. The van der Waals surface area contributed by atoms with Crippen LogP contribution in [0.3, 0.4) is 0 Å². The summed E-state index contributed by atoms with van der Waals surface area (Å²) in [5, 5.41) is 40.7. The van der Waals surface area contributed by atoms with Gasteiger partial charge in [0.2, 0.25) is 0 Å². The quantitative estimate of drug-likeness (QED) is 0.0163. The zero-order valence-electron chi connectivity index (χ0n) is 68.2. The van der Waals surface area contributed by atoms with Crippen LogP contribution in [0.4, 0.5) is 17.5 Å². The third-order valence-electron chi connectivity index (χ3n) is 19.2. The molecule has 0 amide bonds. The first-order valence-electron chi connectivity index (χ1n) is 39.5. The number of aliphatic hydroxyl groups is 3. The van der Waals surface area contributed by atoms with Crippen molar-refractivity contribution in [2.24, 2.45) is 0 Å². The first kappa shape index (κ1) is 92.5. The molecule has 0 aliphatic carbocycles. The first-order valence-corrected chi connectivity index (χ1v) is 40.3. The number of aromatic nitrogens is 4. The number of phenols is 1. The zero-order valence-corrected chi connectivity index (χ0v) is 69.8. The van der Waals surface area contributed by atoms with Gasteiger partial charge in [0.1, 0.15) is 35.5 Å². The number of carbonyl (C=O) groups is 3. The maximum Gasteiger partial charge on any atom is 0.162 e. The highest BCUT2D eigenvalue weighted by molar-refractivity contribution is 6.37. The minimum atomic E-state index is -0.533. The van der Waals surface area contributed by atoms with E-state index in [-0.39, 0.29) is 45.4 Å². The number of pyridine rings is 4. The van der Waals surface area contributed by atoms with Crippen LogP contribution in [0.1, 0.15) is 197 Å². The lowest BCUT2D eigenvalue weighted by atomic mass is 10.0. The van der Waals surface area contributed by atoms with Crippen molar-refractivity contribution in [1.29, 1.82) is 0 Å². The Bertz CT molecular complexity index is 5150. The molecule has 0 bridgehead atoms. The average molecular weight is 1610 g/mol. The van der Waals surface area contributed by atoms with Gasteiger partial charge in [-0.25, -0.2) is 19.9 Å². The molecule has 0 saturated carbocycles. The molecular weight excluding hydrogens is 1510 g/mol. The summed E-state index contributed by atoms with van der Waals surface area (Å²) in [5.41, 5.74) is 28.9. The molecule has 9 rings (SSSR count). The molecule has 0 aliphatic heterocycles. The van der Waals surface area contributed by atoms with Gasteiger partial charge in [0.05, 0.1) is 45.0 Å². The highest BCUT2D eigenvalue weighted by Crippen LogP contribution is 2.33. The molecule has 10 N–H and O–H groups in total. The van der Waals surface area contributed by atoms with Crippen molar-refractivity contribution < 1.29 is 39.5 Å². The Hall–Kier alpha value is -11.6. The topological polar surface area (TPSA) is 284 Å². The third-order valence-corrected chi connectivity index (χ3v) is 19.8. The number of nitrogens with zero attached hydrogens (tertiary/aromatic N) is 8. The number of hydrogen-bond donors (Lipinski definition) is 7. The van der Waals surface area contributed by atoms with E-state index >= 15 is 0 Å². The highest BCUT2D eigenvalue weighted by Gasteiger charge is 2.18. The number of ketones is 3. The summed E-state index contributed by atoms with van der Waals surface area (Å²) < 4.78 is 5.95. The van der Waals surface area contributed by atoms with E-state index in [9.17, 15) is 34.8 Å². The second-order valence-corrected chi connectivity index (χ2v) is 28.1. The first-order chi connectivity index (χ1) is 56.5. The minimum Gasteiger partial charge on any atom is -0.505 e. The molecule has 0 saturated heterocycles. The van der Waals surface area contributed by atoms with Crippen molar-refractivity contribution in [3.8, 4) is 82.5 Å². The molecule has 117 heavy (non-hydrogen) atoms. The number of halogens is 2. The van der Waals surface area contributed by atoms with Gasteiger partial charge in [-0.3, -0.25) is 14.4 Å². The number of phenolic OH excluding ortho intramolecular Hbond substituents is 1. The average Bonchev–Trinajstić information content (AvgIpc) is 0.970. The van der Waals surface area contributed by atoms with Crippen LogP contribution >= 0.6 is 23.2 Å². The lowest BCUT2D eigenvalue weighted by Gasteiger charge is -2.21. The maximum atomic E-state index is 12.7. The van der Waals surface area contributed by atoms with Crippen LogP contribution in [0, 0.1) is 78.0 Å². The number of nitrogens with two attached hydrogens (primary N) is 3. The number of benzene rings is 5. The van der Waals surface area contributed by atoms with Gasteiger partial charge in [0, 0.05) is 131 Å². The van der Waals surface area contributed by atoms with E-state index < -0.39 is 18.3 Å². The number of rotatable bonds is 30. The predicted molar refractivity (Wildman–Crippen MR) is 470 cm³/mol. The third kappa shape index (κ3) is 30.8. The number of nitrogen functional groups attached to an aromatic ring is 3. The summed E-state index contributed by atoms with van der Waals surface area (Å²) in [6, 6.07) is 41.1. The molecule has 5 aromatic carbocycles. The molecule has 606 valence electrons. The van der Waals surface area contributed by atoms with E-state index in [0.717, 1.165) is 86.9 Å². The Morgan fingerprint density at radius 3 is 1.10 bits per heavy atom. The molecule has 0 fully saturated rings. The number of hydrogen-bond acceptors (Lipinski definition) is 19. The summed E-state index contributed by atoms with van der Waals surface area (Å²) in [6.45, 7) is 29.2. The van der Waals surface area contributed by atoms with Crippen molar-refractivity contribution in [3.63, 3.8) is 0 Å². The fourth-order valence-electron chi connectivity index (χ4n) is 11.9. The molecule has 3 atom stereocenters. The van der Waals surface area contributed by atoms with Gasteiger partial charge in [0.15, 0.2) is 23.1 Å². The molecule has 21 heteroatoms. The highest BCUT2D eigenvalue weighted by atomic mass is 35.5. The molecular formula is C96H105Cl2N11O8. The number of aromatic hydroxyl groups is 1. The van der Waals surface area contributed by atoms with Crippen LogP contribution in [0.2, 0.25) is 10.0 Å². The van der Waals surface area contributed by atoms with Crippen LogP contribution < -0.4 is 21.9 Å². The molecule has 4 aromatic heterocycles. The second kappa shape index (κ2) is 49.3. The lowest BCUT2D eigenvalue weighted by molar-refractivity contribution is 0.0874. The van der Waals surface area contributed by atoms with E-state index in [1.807, 2.05) is 75.4 Å². The van der Waals surface area contributed by atoms with Gasteiger partial charge in [-0.2, -0.15) is 0 Å². The normalized spacial score (nSPS) is 11.3. The minimum absolute atomic E-state index is 0.00619. The van der Waals surface area contributed by atoms with E-state index in [0.29, 0.717) is 137 Å². The molecule has 3 unspecified atom stereocenters. The fraction of sp³-hybridized carbons (Fsp3) is 0.323. The van der Waals surface area contributed by atoms with Crippen molar-refractivity contribution in [3.05, 3.63) is 264 Å². The summed E-state index contributed by atoms with van der Waals surface area (Å²) >= 11 is 12.0. The number of aryl methyl sites for hydroxylation is 1. The molecule has 0 aliphatic rings. The van der Waals surface area contributed by atoms with Gasteiger partial charge < -0.3 is 62.0 Å². The van der Waals surface area contributed by atoms with Gasteiger partial charge in [-0.05, 0) is 187 Å². The van der Waals surface area contributed by atoms with Crippen molar-refractivity contribution >= 4 is 58.0 Å². The number of likely N-dealkylation sites (N-methyl/N-ethyl adjacent to an activating group) is 4. The summed E-state index contributed by atoms with van der Waals surface area (Å²) in [6.07, 6.45) is 7.08. The Morgan fingerprint density at radius 1 is 0.402 bits per heavy atom. The van der Waals surface area contributed by atoms with Gasteiger partial charge in [-0.15, -0.1) is 0 Å². The molecule has 0 radical (unpaired) electrons. The number of Topliss-reactive ketones (excluding diaryl/α,β-unsaturated/α-hetero) is 3. The van der Waals surface area contributed by atoms with Crippen molar-refractivity contribution in [2.75, 3.05) is 102 Å². The van der Waals surface area contributed by atoms with E-state index in [1.165, 1.54) is 12.1 Å². The predicted octanol–water partition coefficient (Wildman–Crippen LogP) is 13.8. The van der Waals surface area contributed by atoms with Crippen LogP contribution in [0.5, 0.6) is 11.5 Å². The van der Waals surface area contributed by atoms with Crippen LogP contribution in [0.25, 0.3) is 0 Å². The standard InChI is InChI=1S/C37H46N4O3.C30H29Cl2N3O3.C29H30N4O2/c1-6-40(7-2)24-25-44-34-19-17-30(28(5)26-34)15-16-31-22-23-39-37(38)35(31)20-12-29-10-13-32(14-11-29)36(43)21-18-33(42)27-41(8-3)9-4;1-3-35(4-2)19-24(36)12-14-28(37)23-10-5-20(6-11-23)8-13-25-22(15-16-34-30(25)33)9-7-21-17-26(31)29(38)27(32)18-21;1-3-33(4-2)21-26(34)15-17-28(35)24-11-8-22(9-12-24)10-16-27-23(18-20-32-29(27)30)13-14-25-7-5-6-19-31-25/h10-11,13-14,17,19,22-23,26,33,42H,6-9,18,21,24-25,27H2,1-5H3,(H2,38,39);5-6,10-11,15-18,24,36,38H,3-4,12,14,19H2,1-2H3,(H2,33,34);5-9,11-12,18-20,26,34H,3-4,15,17,21H2,1-2H3,(H2,30,32). The van der Waals surface area contributed by atoms with E-state index in [1.54, 1.807) is 97.6 Å². The molecule has 0 spiro atoms. The van der Waals surface area contributed by atoms with Crippen LogP contribution in [0.15, 0.2) is 164 Å². The fourth-order valence-corrected chi connectivity index (χ4v) is 12.4. The van der Waals surface area contributed by atoms with Crippen molar-refractivity contribution in [1.82, 2.24) is 39.5 Å². The monoisotopic (exact) mass is 1610 g/mol. The van der Waals surface area contributed by atoms with E-state index in [2.05, 4.69) is 152 Å². The summed E-state index contributed by atoms with van der Waals surface area (Å²) in [5.74, 6) is 38.5.